The molecule has 1 atom stereocenters. The van der Waals surface area contributed by atoms with Gasteiger partial charge in [0, 0.05) is 10.6 Å². The molecule has 1 aliphatic rings. The quantitative estimate of drug-likeness (QED) is 0.507. The summed E-state index contributed by atoms with van der Waals surface area (Å²) >= 11 is 6.41. The Morgan fingerprint density at radius 2 is 1.75 bits per heavy atom. The summed E-state index contributed by atoms with van der Waals surface area (Å²) in [5.74, 6) is 5.94. The molecule has 112 valence electrons. The highest BCUT2D eigenvalue weighted by molar-refractivity contribution is 6.31. The first-order chi connectivity index (χ1) is 9.62. The minimum absolute atomic E-state index is 0.0379. The van der Waals surface area contributed by atoms with Crippen LogP contribution in [0.15, 0.2) is 24.3 Å². The summed E-state index contributed by atoms with van der Waals surface area (Å²) < 4.78 is 0. The van der Waals surface area contributed by atoms with Crippen molar-refractivity contribution in [2.24, 2.45) is 5.84 Å². The van der Waals surface area contributed by atoms with E-state index in [4.69, 9.17) is 17.4 Å². The third-order valence-electron chi connectivity index (χ3n) is 4.78. The Balaban J connectivity index is 2.42. The Morgan fingerprint density at radius 3 is 2.25 bits per heavy atom. The smallest absolute Gasteiger partial charge is 0.0658 e. The number of hydrogen-bond donors (Lipinski definition) is 2. The lowest BCUT2D eigenvalue weighted by Gasteiger charge is -2.46. The van der Waals surface area contributed by atoms with E-state index in [1.54, 1.807) is 0 Å². The van der Waals surface area contributed by atoms with Crippen LogP contribution in [0.1, 0.15) is 50.1 Å². The van der Waals surface area contributed by atoms with Gasteiger partial charge in [0.1, 0.15) is 0 Å². The molecule has 1 aliphatic carbocycles. The van der Waals surface area contributed by atoms with E-state index in [9.17, 15) is 0 Å². The van der Waals surface area contributed by atoms with Gasteiger partial charge in [-0.3, -0.25) is 11.3 Å². The number of halogens is 1. The average molecular weight is 296 g/mol. The summed E-state index contributed by atoms with van der Waals surface area (Å²) in [6.07, 6.45) is 7.44. The summed E-state index contributed by atoms with van der Waals surface area (Å²) in [7, 11) is 4.32. The van der Waals surface area contributed by atoms with Gasteiger partial charge in [0.15, 0.2) is 0 Å². The molecule has 0 bridgehead atoms. The normalized spacial score (nSPS) is 20.6. The molecule has 20 heavy (non-hydrogen) atoms. The fraction of sp³-hybridized carbons (Fsp3) is 0.625. The largest absolute Gasteiger partial charge is 0.302 e. The predicted octanol–water partition coefficient (Wildman–Crippen LogP) is 3.50. The van der Waals surface area contributed by atoms with Crippen molar-refractivity contribution >= 4 is 11.6 Å². The second-order valence-electron chi connectivity index (χ2n) is 6.03. The summed E-state index contributed by atoms with van der Waals surface area (Å²) in [6.45, 7) is 0. The van der Waals surface area contributed by atoms with E-state index >= 15 is 0 Å². The molecule has 0 aliphatic heterocycles. The molecule has 3 nitrogen and oxygen atoms in total. The topological polar surface area (TPSA) is 41.3 Å². The van der Waals surface area contributed by atoms with Gasteiger partial charge in [-0.1, -0.05) is 55.5 Å². The maximum atomic E-state index is 6.41. The van der Waals surface area contributed by atoms with Crippen molar-refractivity contribution in [1.82, 2.24) is 10.3 Å². The van der Waals surface area contributed by atoms with E-state index in [1.165, 1.54) is 25.7 Å². The highest BCUT2D eigenvalue weighted by Crippen LogP contribution is 2.42. The molecule has 1 saturated carbocycles. The van der Waals surface area contributed by atoms with E-state index in [0.717, 1.165) is 23.4 Å². The molecule has 1 aromatic rings. The number of rotatable bonds is 4. The molecule has 0 heterocycles. The van der Waals surface area contributed by atoms with E-state index in [0.29, 0.717) is 0 Å². The monoisotopic (exact) mass is 295 g/mol. The Labute approximate surface area is 127 Å². The maximum absolute atomic E-state index is 6.41. The van der Waals surface area contributed by atoms with E-state index in [2.05, 4.69) is 30.5 Å². The highest BCUT2D eigenvalue weighted by Gasteiger charge is 2.41. The average Bonchev–Trinajstić information content (AvgIpc) is 2.69. The van der Waals surface area contributed by atoms with E-state index < -0.39 is 0 Å². The Hall–Kier alpha value is -0.610. The van der Waals surface area contributed by atoms with Crippen LogP contribution in [0.2, 0.25) is 5.02 Å². The third kappa shape index (κ3) is 3.01. The number of hydrogen-bond acceptors (Lipinski definition) is 3. The lowest BCUT2D eigenvalue weighted by Crippen LogP contribution is -2.55. The third-order valence-corrected chi connectivity index (χ3v) is 5.12. The molecule has 1 aromatic carbocycles. The molecule has 0 spiro atoms. The molecule has 0 saturated heterocycles. The van der Waals surface area contributed by atoms with Crippen molar-refractivity contribution in [3.63, 3.8) is 0 Å². The number of benzene rings is 1. The summed E-state index contributed by atoms with van der Waals surface area (Å²) in [5, 5.41) is 0.793. The second-order valence-corrected chi connectivity index (χ2v) is 6.44. The zero-order valence-electron chi connectivity index (χ0n) is 12.5. The highest BCUT2D eigenvalue weighted by atomic mass is 35.5. The fourth-order valence-electron chi connectivity index (χ4n) is 3.58. The van der Waals surface area contributed by atoms with Crippen LogP contribution in [0.4, 0.5) is 0 Å². The number of nitrogens with two attached hydrogens (primary N) is 1. The first kappa shape index (κ1) is 15.8. The van der Waals surface area contributed by atoms with Gasteiger partial charge in [-0.25, -0.2) is 0 Å². The number of hydrazine groups is 1. The SMILES string of the molecule is CN(C)C1(C(NN)c2ccccc2Cl)CCCCCC1. The Morgan fingerprint density at radius 1 is 1.15 bits per heavy atom. The van der Waals surface area contributed by atoms with E-state index in [-0.39, 0.29) is 11.6 Å². The van der Waals surface area contributed by atoms with Gasteiger partial charge >= 0.3 is 0 Å². The Kier molecular flexibility index (Phi) is 5.44. The molecule has 4 heteroatoms. The minimum Gasteiger partial charge on any atom is -0.302 e. The van der Waals surface area contributed by atoms with Crippen molar-refractivity contribution < 1.29 is 0 Å². The van der Waals surface area contributed by atoms with Gasteiger partial charge in [-0.2, -0.15) is 0 Å². The van der Waals surface area contributed by atoms with Crippen LogP contribution in [-0.2, 0) is 0 Å². The summed E-state index contributed by atoms with van der Waals surface area (Å²) in [6, 6.07) is 8.09. The van der Waals surface area contributed by atoms with Crippen LogP contribution in [0.25, 0.3) is 0 Å². The molecular formula is C16H26ClN3. The molecule has 0 amide bonds. The molecule has 3 N–H and O–H groups in total. The van der Waals surface area contributed by atoms with Crippen molar-refractivity contribution in [2.75, 3.05) is 14.1 Å². The van der Waals surface area contributed by atoms with Crippen LogP contribution in [0, 0.1) is 0 Å². The van der Waals surface area contributed by atoms with Gasteiger partial charge < -0.3 is 4.90 Å². The lowest BCUT2D eigenvalue weighted by atomic mass is 9.78. The molecular weight excluding hydrogens is 270 g/mol. The van der Waals surface area contributed by atoms with Crippen LogP contribution < -0.4 is 11.3 Å². The molecule has 0 radical (unpaired) electrons. The number of nitrogens with zero attached hydrogens (tertiary/aromatic N) is 1. The number of likely N-dealkylation sites (N-methyl/N-ethyl adjacent to an activating group) is 1. The molecule has 2 rings (SSSR count). The van der Waals surface area contributed by atoms with Gasteiger partial charge in [-0.15, -0.1) is 0 Å². The van der Waals surface area contributed by atoms with Crippen LogP contribution in [-0.4, -0.2) is 24.5 Å². The van der Waals surface area contributed by atoms with Gasteiger partial charge in [-0.05, 0) is 38.6 Å². The number of nitrogens with one attached hydrogen (secondary N) is 1. The first-order valence-electron chi connectivity index (χ1n) is 7.50. The standard InChI is InChI=1S/C16H26ClN3/c1-20(2)16(11-7-3-4-8-12-16)15(19-18)13-9-5-6-10-14(13)17/h5-6,9-10,15,19H,3-4,7-8,11-12,18H2,1-2H3. The minimum atomic E-state index is 0.0379. The van der Waals surface area contributed by atoms with Crippen molar-refractivity contribution in [3.8, 4) is 0 Å². The van der Waals surface area contributed by atoms with Crippen LogP contribution in [0.5, 0.6) is 0 Å². The fourth-order valence-corrected chi connectivity index (χ4v) is 3.82. The maximum Gasteiger partial charge on any atom is 0.0658 e. The van der Waals surface area contributed by atoms with Crippen molar-refractivity contribution in [2.45, 2.75) is 50.1 Å². The predicted molar refractivity (Wildman–Crippen MR) is 85.6 cm³/mol. The molecule has 1 fully saturated rings. The van der Waals surface area contributed by atoms with Crippen molar-refractivity contribution in [3.05, 3.63) is 34.9 Å². The van der Waals surface area contributed by atoms with Gasteiger partial charge in [0.2, 0.25) is 0 Å². The molecule has 0 aromatic heterocycles. The van der Waals surface area contributed by atoms with Gasteiger partial charge in [0.05, 0.1) is 6.04 Å². The summed E-state index contributed by atoms with van der Waals surface area (Å²) in [5.41, 5.74) is 4.19. The summed E-state index contributed by atoms with van der Waals surface area (Å²) in [4.78, 5) is 2.34. The Bertz CT molecular complexity index is 425. The second kappa shape index (κ2) is 6.90. The van der Waals surface area contributed by atoms with Crippen molar-refractivity contribution in [1.29, 1.82) is 0 Å². The molecule has 1 unspecified atom stereocenters. The van der Waals surface area contributed by atoms with E-state index in [1.807, 2.05) is 18.2 Å². The van der Waals surface area contributed by atoms with Crippen LogP contribution in [0.3, 0.4) is 0 Å². The first-order valence-corrected chi connectivity index (χ1v) is 7.87. The zero-order valence-corrected chi connectivity index (χ0v) is 13.3. The zero-order chi connectivity index (χ0) is 14.6. The van der Waals surface area contributed by atoms with Gasteiger partial charge in [0.25, 0.3) is 0 Å². The lowest BCUT2D eigenvalue weighted by molar-refractivity contribution is 0.0800. The van der Waals surface area contributed by atoms with Crippen LogP contribution >= 0.6 is 11.6 Å².